The molecule has 14 heavy (non-hydrogen) atoms. The number of hydrogen-bond donors (Lipinski definition) is 0. The lowest BCUT2D eigenvalue weighted by molar-refractivity contribution is -0.910. The van der Waals surface area contributed by atoms with Crippen molar-refractivity contribution in [2.45, 2.75) is 46.0 Å². The standard InChI is InChI=1S/C12H27ClN/c1-4-6-10-14(3,11-7-5-2)12-8-9-13/h4-12H2,1-3H3/q+1. The summed E-state index contributed by atoms with van der Waals surface area (Å²) in [5.41, 5.74) is 0. The molecule has 0 saturated carbocycles. The van der Waals surface area contributed by atoms with Gasteiger partial charge in [0.05, 0.1) is 26.7 Å². The Morgan fingerprint density at radius 3 is 1.64 bits per heavy atom. The molecule has 0 fully saturated rings. The maximum absolute atomic E-state index is 5.77. The molecule has 0 unspecified atom stereocenters. The fourth-order valence-electron chi connectivity index (χ4n) is 1.86. The van der Waals surface area contributed by atoms with Crippen molar-refractivity contribution in [2.24, 2.45) is 0 Å². The van der Waals surface area contributed by atoms with Crippen molar-refractivity contribution in [3.8, 4) is 0 Å². The van der Waals surface area contributed by atoms with Gasteiger partial charge in [-0.3, -0.25) is 0 Å². The van der Waals surface area contributed by atoms with Crippen LogP contribution < -0.4 is 0 Å². The second kappa shape index (κ2) is 8.55. The van der Waals surface area contributed by atoms with Gasteiger partial charge in [-0.25, -0.2) is 0 Å². The first-order valence-corrected chi connectivity index (χ1v) is 6.61. The van der Waals surface area contributed by atoms with E-state index in [2.05, 4.69) is 20.9 Å². The number of alkyl halides is 1. The molecule has 0 radical (unpaired) electrons. The van der Waals surface area contributed by atoms with Crippen molar-refractivity contribution in [3.05, 3.63) is 0 Å². The van der Waals surface area contributed by atoms with Crippen LogP contribution in [0.1, 0.15) is 46.0 Å². The van der Waals surface area contributed by atoms with Crippen LogP contribution in [-0.2, 0) is 0 Å². The third-order valence-corrected chi connectivity index (χ3v) is 3.20. The van der Waals surface area contributed by atoms with E-state index >= 15 is 0 Å². The Bertz CT molecular complexity index is 104. The van der Waals surface area contributed by atoms with Crippen molar-refractivity contribution in [3.63, 3.8) is 0 Å². The van der Waals surface area contributed by atoms with Gasteiger partial charge >= 0.3 is 0 Å². The molecule has 0 aliphatic heterocycles. The van der Waals surface area contributed by atoms with Crippen molar-refractivity contribution in [1.29, 1.82) is 0 Å². The Morgan fingerprint density at radius 1 is 0.857 bits per heavy atom. The number of rotatable bonds is 9. The zero-order valence-electron chi connectivity index (χ0n) is 10.2. The third-order valence-electron chi connectivity index (χ3n) is 2.93. The van der Waals surface area contributed by atoms with Crippen LogP contribution in [-0.4, -0.2) is 37.0 Å². The smallest absolute Gasteiger partial charge is 0.0796 e. The van der Waals surface area contributed by atoms with E-state index in [1.165, 1.54) is 49.8 Å². The van der Waals surface area contributed by atoms with E-state index in [1.807, 2.05) is 0 Å². The number of halogens is 1. The highest BCUT2D eigenvalue weighted by Gasteiger charge is 2.18. The fourth-order valence-corrected chi connectivity index (χ4v) is 1.98. The van der Waals surface area contributed by atoms with Gasteiger partial charge in [-0.2, -0.15) is 0 Å². The highest BCUT2D eigenvalue weighted by molar-refractivity contribution is 6.17. The molecule has 0 saturated heterocycles. The SMILES string of the molecule is CCCC[N+](C)(CCCC)CCCCl. The molecule has 0 N–H and O–H groups in total. The summed E-state index contributed by atoms with van der Waals surface area (Å²) in [6.07, 6.45) is 6.47. The summed E-state index contributed by atoms with van der Waals surface area (Å²) in [5.74, 6) is 0.812. The Kier molecular flexibility index (Phi) is 8.70. The quantitative estimate of drug-likeness (QED) is 0.411. The van der Waals surface area contributed by atoms with Crippen LogP contribution in [0, 0.1) is 0 Å². The number of quaternary nitrogens is 1. The zero-order chi connectivity index (χ0) is 10.9. The second-order valence-corrected chi connectivity index (χ2v) is 4.92. The molecule has 0 aliphatic carbocycles. The normalized spacial score (nSPS) is 12.0. The third kappa shape index (κ3) is 6.67. The lowest BCUT2D eigenvalue weighted by Gasteiger charge is -2.34. The summed E-state index contributed by atoms with van der Waals surface area (Å²) in [7, 11) is 2.39. The number of nitrogens with zero attached hydrogens (tertiary/aromatic N) is 1. The first-order valence-electron chi connectivity index (χ1n) is 6.08. The zero-order valence-corrected chi connectivity index (χ0v) is 10.9. The van der Waals surface area contributed by atoms with Crippen molar-refractivity contribution in [2.75, 3.05) is 32.6 Å². The molecule has 0 atom stereocenters. The maximum atomic E-state index is 5.77. The molecule has 0 amide bonds. The summed E-state index contributed by atoms with van der Waals surface area (Å²) in [6, 6.07) is 0. The van der Waals surface area contributed by atoms with E-state index in [4.69, 9.17) is 11.6 Å². The van der Waals surface area contributed by atoms with Crippen LogP contribution >= 0.6 is 11.6 Å². The van der Waals surface area contributed by atoms with Crippen molar-refractivity contribution in [1.82, 2.24) is 0 Å². The summed E-state index contributed by atoms with van der Waals surface area (Å²) < 4.78 is 1.23. The Balaban J connectivity index is 3.89. The van der Waals surface area contributed by atoms with Crippen LogP contribution in [0.15, 0.2) is 0 Å². The van der Waals surface area contributed by atoms with Gasteiger partial charge in [0.15, 0.2) is 0 Å². The summed E-state index contributed by atoms with van der Waals surface area (Å²) in [4.78, 5) is 0. The molecule has 0 aliphatic rings. The van der Waals surface area contributed by atoms with Crippen molar-refractivity contribution >= 4 is 11.6 Å². The molecule has 0 aromatic carbocycles. The summed E-state index contributed by atoms with van der Waals surface area (Å²) >= 11 is 5.77. The monoisotopic (exact) mass is 220 g/mol. The maximum Gasteiger partial charge on any atom is 0.0796 e. The van der Waals surface area contributed by atoms with Gasteiger partial charge in [-0.1, -0.05) is 26.7 Å². The van der Waals surface area contributed by atoms with Gasteiger partial charge in [0.2, 0.25) is 0 Å². The summed E-state index contributed by atoms with van der Waals surface area (Å²) in [6.45, 7) is 8.45. The van der Waals surface area contributed by atoms with E-state index < -0.39 is 0 Å². The topological polar surface area (TPSA) is 0 Å². The largest absolute Gasteiger partial charge is 0.326 e. The molecule has 0 aromatic rings. The molecule has 86 valence electrons. The van der Waals surface area contributed by atoms with Crippen LogP contribution in [0.3, 0.4) is 0 Å². The molecular formula is C12H27ClN+. The minimum atomic E-state index is 0.812. The van der Waals surface area contributed by atoms with E-state index in [0.29, 0.717) is 0 Å². The highest BCUT2D eigenvalue weighted by Crippen LogP contribution is 2.10. The first kappa shape index (κ1) is 14.2. The average Bonchev–Trinajstić information content (AvgIpc) is 2.21. The molecular weight excluding hydrogens is 194 g/mol. The second-order valence-electron chi connectivity index (χ2n) is 4.54. The predicted molar refractivity (Wildman–Crippen MR) is 65.9 cm³/mol. The van der Waals surface area contributed by atoms with E-state index in [-0.39, 0.29) is 0 Å². The van der Waals surface area contributed by atoms with E-state index in [9.17, 15) is 0 Å². The highest BCUT2D eigenvalue weighted by atomic mass is 35.5. The van der Waals surface area contributed by atoms with E-state index in [1.54, 1.807) is 0 Å². The van der Waals surface area contributed by atoms with Gasteiger partial charge in [0.1, 0.15) is 0 Å². The van der Waals surface area contributed by atoms with E-state index in [0.717, 1.165) is 12.3 Å². The molecule has 0 aromatic heterocycles. The lowest BCUT2D eigenvalue weighted by atomic mass is 10.2. The number of unbranched alkanes of at least 4 members (excludes halogenated alkanes) is 2. The Morgan fingerprint density at radius 2 is 1.29 bits per heavy atom. The molecule has 1 nitrogen and oxygen atoms in total. The van der Waals surface area contributed by atoms with Crippen molar-refractivity contribution < 1.29 is 4.48 Å². The average molecular weight is 221 g/mol. The van der Waals surface area contributed by atoms with Gasteiger partial charge in [-0.05, 0) is 12.8 Å². The first-order chi connectivity index (χ1) is 6.68. The Hall–Kier alpha value is 0.250. The van der Waals surface area contributed by atoms with Crippen LogP contribution in [0.2, 0.25) is 0 Å². The molecule has 0 spiro atoms. The predicted octanol–water partition coefficient (Wildman–Crippen LogP) is 3.66. The molecule has 0 heterocycles. The van der Waals surface area contributed by atoms with Gasteiger partial charge in [0.25, 0.3) is 0 Å². The molecule has 0 rings (SSSR count). The van der Waals surface area contributed by atoms with Crippen LogP contribution in [0.4, 0.5) is 0 Å². The van der Waals surface area contributed by atoms with Gasteiger partial charge in [0, 0.05) is 12.3 Å². The van der Waals surface area contributed by atoms with Gasteiger partial charge < -0.3 is 4.48 Å². The van der Waals surface area contributed by atoms with Crippen LogP contribution in [0.5, 0.6) is 0 Å². The minimum Gasteiger partial charge on any atom is -0.326 e. The lowest BCUT2D eigenvalue weighted by Crippen LogP contribution is -2.46. The number of hydrogen-bond acceptors (Lipinski definition) is 0. The molecule has 2 heteroatoms. The molecule has 0 bridgehead atoms. The summed E-state index contributed by atoms with van der Waals surface area (Å²) in [5, 5.41) is 0. The fraction of sp³-hybridized carbons (Fsp3) is 1.00. The van der Waals surface area contributed by atoms with Crippen LogP contribution in [0.25, 0.3) is 0 Å². The minimum absolute atomic E-state index is 0.812. The Labute approximate surface area is 95.0 Å². The van der Waals surface area contributed by atoms with Gasteiger partial charge in [-0.15, -0.1) is 11.6 Å².